The molecule has 0 unspecified atom stereocenters. The maximum Gasteiger partial charge on any atom is 0.235 e. The lowest BCUT2D eigenvalue weighted by Crippen LogP contribution is -2.57. The number of hydrogen-bond donors (Lipinski definition) is 1. The van der Waals surface area contributed by atoms with E-state index in [2.05, 4.69) is 11.4 Å². The minimum Gasteiger partial charge on any atom is -0.457 e. The molecule has 0 spiro atoms. The molecule has 1 aliphatic heterocycles. The van der Waals surface area contributed by atoms with Crippen LogP contribution in [0.2, 0.25) is 0 Å². The Morgan fingerprint density at radius 2 is 1.17 bits per heavy atom. The highest BCUT2D eigenvalue weighted by Gasteiger charge is 2.72. The molecule has 5 aromatic rings. The number of nitrogens with zero attached hydrogens (tertiary/aromatic N) is 1. The second kappa shape index (κ2) is 11.8. The number of imide groups is 1. The van der Waals surface area contributed by atoms with Crippen molar-refractivity contribution < 1.29 is 19.1 Å². The number of carbonyl (C=O) groups excluding carboxylic acids is 3. The fourth-order valence-electron chi connectivity index (χ4n) is 7.87. The molecule has 2 atom stereocenters. The van der Waals surface area contributed by atoms with Crippen LogP contribution in [0.15, 0.2) is 115 Å². The summed E-state index contributed by atoms with van der Waals surface area (Å²) in [5, 5.41) is 5.19. The molecular formula is C40H32Cl2N2O4. The first-order valence-corrected chi connectivity index (χ1v) is 17.1. The Morgan fingerprint density at radius 1 is 0.646 bits per heavy atom. The van der Waals surface area contributed by atoms with E-state index in [1.807, 2.05) is 109 Å². The van der Waals surface area contributed by atoms with E-state index in [0.717, 1.165) is 38.8 Å². The molecule has 3 amide bonds. The van der Waals surface area contributed by atoms with E-state index in [0.29, 0.717) is 37.1 Å². The molecule has 3 aliphatic carbocycles. The van der Waals surface area contributed by atoms with E-state index in [1.54, 1.807) is 0 Å². The Morgan fingerprint density at radius 3 is 1.75 bits per heavy atom. The van der Waals surface area contributed by atoms with Crippen LogP contribution in [0.5, 0.6) is 11.5 Å². The van der Waals surface area contributed by atoms with Gasteiger partial charge in [0.15, 0.2) is 0 Å². The summed E-state index contributed by atoms with van der Waals surface area (Å²) in [5.74, 6) is -0.811. The lowest BCUT2D eigenvalue weighted by molar-refractivity contribution is -0.140. The lowest BCUT2D eigenvalue weighted by atomic mass is 9.54. The van der Waals surface area contributed by atoms with Crippen molar-refractivity contribution in [3.05, 3.63) is 138 Å². The van der Waals surface area contributed by atoms with E-state index in [1.165, 1.54) is 4.90 Å². The smallest absolute Gasteiger partial charge is 0.235 e. The van der Waals surface area contributed by atoms with Crippen LogP contribution in [0.1, 0.15) is 47.9 Å². The van der Waals surface area contributed by atoms with Crippen molar-refractivity contribution in [2.45, 2.75) is 35.4 Å². The normalized spacial score (nSPS) is 23.5. The number of unbranched alkanes of at least 4 members (excludes halogenated alkanes) is 2. The Bertz CT molecular complexity index is 1970. The number of rotatable bonds is 9. The van der Waals surface area contributed by atoms with Gasteiger partial charge in [-0.3, -0.25) is 19.3 Å². The Hall–Kier alpha value is -4.65. The van der Waals surface area contributed by atoms with Crippen LogP contribution < -0.4 is 10.1 Å². The van der Waals surface area contributed by atoms with E-state index < -0.39 is 21.6 Å². The Kier molecular flexibility index (Phi) is 7.54. The lowest BCUT2D eigenvalue weighted by Gasteiger charge is -2.54. The van der Waals surface area contributed by atoms with Crippen LogP contribution in [0.25, 0.3) is 10.8 Å². The quantitative estimate of drug-likeness (QED) is 0.0964. The molecule has 0 aromatic heterocycles. The van der Waals surface area contributed by atoms with Crippen molar-refractivity contribution in [2.75, 3.05) is 11.9 Å². The average Bonchev–Trinajstić information content (AvgIpc) is 3.37. The molecule has 240 valence electrons. The third-order valence-corrected chi connectivity index (χ3v) is 11.3. The maximum atomic E-state index is 13.9. The van der Waals surface area contributed by atoms with Crippen molar-refractivity contribution in [1.29, 1.82) is 0 Å². The summed E-state index contributed by atoms with van der Waals surface area (Å²) in [5.41, 5.74) is 3.86. The van der Waals surface area contributed by atoms with E-state index in [9.17, 15) is 14.4 Å². The van der Waals surface area contributed by atoms with Crippen LogP contribution in [-0.4, -0.2) is 29.2 Å². The van der Waals surface area contributed by atoms with Gasteiger partial charge < -0.3 is 10.1 Å². The van der Waals surface area contributed by atoms with Crippen LogP contribution in [0.4, 0.5) is 5.69 Å². The zero-order chi connectivity index (χ0) is 33.0. The number of anilines is 1. The van der Waals surface area contributed by atoms with Gasteiger partial charge in [0.25, 0.3) is 0 Å². The number of likely N-dealkylation sites (tertiary alicyclic amines) is 1. The zero-order valence-corrected chi connectivity index (χ0v) is 27.5. The van der Waals surface area contributed by atoms with Gasteiger partial charge >= 0.3 is 0 Å². The first kappa shape index (κ1) is 30.7. The minimum atomic E-state index is -1.17. The third kappa shape index (κ3) is 4.73. The summed E-state index contributed by atoms with van der Waals surface area (Å²) in [4.78, 5) is 39.6. The average molecular weight is 676 g/mol. The van der Waals surface area contributed by atoms with Crippen molar-refractivity contribution in [3.63, 3.8) is 0 Å². The summed E-state index contributed by atoms with van der Waals surface area (Å²) in [6, 6.07) is 36.6. The molecular weight excluding hydrogens is 643 g/mol. The van der Waals surface area contributed by atoms with Crippen LogP contribution in [0, 0.1) is 11.8 Å². The molecule has 0 saturated carbocycles. The molecule has 48 heavy (non-hydrogen) atoms. The summed E-state index contributed by atoms with van der Waals surface area (Å²) in [6.45, 7) is 0.261. The summed E-state index contributed by atoms with van der Waals surface area (Å²) < 4.78 is 6.01. The monoisotopic (exact) mass is 674 g/mol. The van der Waals surface area contributed by atoms with Gasteiger partial charge in [-0.1, -0.05) is 85.3 Å². The molecule has 9 rings (SSSR count). The highest BCUT2D eigenvalue weighted by Crippen LogP contribution is 2.69. The third-order valence-electron chi connectivity index (χ3n) is 10.1. The topological polar surface area (TPSA) is 75.7 Å². The van der Waals surface area contributed by atoms with Gasteiger partial charge in [0.05, 0.1) is 11.8 Å². The van der Waals surface area contributed by atoms with Gasteiger partial charge in [0, 0.05) is 18.7 Å². The van der Waals surface area contributed by atoms with Gasteiger partial charge in [0.2, 0.25) is 17.7 Å². The van der Waals surface area contributed by atoms with E-state index in [4.69, 9.17) is 27.9 Å². The van der Waals surface area contributed by atoms with Crippen molar-refractivity contribution in [3.8, 4) is 11.5 Å². The van der Waals surface area contributed by atoms with Crippen LogP contribution in [-0.2, 0) is 24.1 Å². The SMILES string of the molecule is O=C(CCCCCN1C(=O)[C@H]2[C@H](C1=O)C1(Cl)c3ccccc3C2(Cl)c2ccccc21)Nc1ccc(Oc2ccc3ccccc3c2)cc1. The summed E-state index contributed by atoms with van der Waals surface area (Å²) in [7, 11) is 0. The highest BCUT2D eigenvalue weighted by atomic mass is 35.5. The maximum absolute atomic E-state index is 13.9. The Balaban J connectivity index is 0.861. The van der Waals surface area contributed by atoms with Gasteiger partial charge in [-0.2, -0.15) is 0 Å². The second-order valence-electron chi connectivity index (χ2n) is 12.8. The highest BCUT2D eigenvalue weighted by molar-refractivity contribution is 6.36. The van der Waals surface area contributed by atoms with E-state index in [-0.39, 0.29) is 24.3 Å². The number of nitrogens with one attached hydrogen (secondary N) is 1. The first-order chi connectivity index (χ1) is 23.3. The number of benzene rings is 5. The standard InChI is InChI=1S/C40H32Cl2N2O4/c41-39-30-12-5-6-13-31(30)40(42,33-15-8-7-14-32(33)39)36-35(39)37(46)44(38(36)47)23-9-1-2-16-34(45)43-27-18-21-28(22-19-27)48-29-20-17-25-10-3-4-11-26(25)24-29/h3-8,10-15,17-22,24,35-36H,1-2,9,16,23H2,(H,43,45)/t35-,36-,39?,40?/m1/s1. The molecule has 6 nitrogen and oxygen atoms in total. The number of carbonyl (C=O) groups is 3. The number of alkyl halides is 2. The predicted octanol–water partition coefficient (Wildman–Crippen LogP) is 8.72. The van der Waals surface area contributed by atoms with Crippen molar-refractivity contribution in [1.82, 2.24) is 4.90 Å². The molecule has 2 bridgehead atoms. The van der Waals surface area contributed by atoms with E-state index >= 15 is 0 Å². The molecule has 0 radical (unpaired) electrons. The fraction of sp³-hybridized carbons (Fsp3) is 0.225. The molecule has 8 heteroatoms. The van der Waals surface area contributed by atoms with Crippen molar-refractivity contribution >= 4 is 57.4 Å². The predicted molar refractivity (Wildman–Crippen MR) is 187 cm³/mol. The molecule has 1 N–H and O–H groups in total. The van der Waals surface area contributed by atoms with Crippen molar-refractivity contribution in [2.24, 2.45) is 11.8 Å². The minimum absolute atomic E-state index is 0.0992. The molecule has 1 heterocycles. The number of ether oxygens (including phenoxy) is 1. The molecule has 5 aromatic carbocycles. The molecule has 4 aliphatic rings. The molecule has 1 saturated heterocycles. The largest absolute Gasteiger partial charge is 0.457 e. The fourth-order valence-corrected chi connectivity index (χ4v) is 8.97. The number of fused-ring (bicyclic) bond motifs is 1. The number of hydrogen-bond acceptors (Lipinski definition) is 4. The van der Waals surface area contributed by atoms with Gasteiger partial charge in [-0.15, -0.1) is 23.2 Å². The zero-order valence-electron chi connectivity index (χ0n) is 26.0. The first-order valence-electron chi connectivity index (χ1n) is 16.3. The van der Waals surface area contributed by atoms with Gasteiger partial charge in [-0.25, -0.2) is 0 Å². The number of amides is 3. The summed E-state index contributed by atoms with van der Waals surface area (Å²) in [6.07, 6.45) is 2.20. The van der Waals surface area contributed by atoms with Gasteiger partial charge in [0.1, 0.15) is 21.2 Å². The van der Waals surface area contributed by atoms with Crippen LogP contribution in [0.3, 0.4) is 0 Å². The molecule has 1 fully saturated rings. The van der Waals surface area contributed by atoms with Crippen LogP contribution >= 0.6 is 23.2 Å². The van der Waals surface area contributed by atoms with Gasteiger partial charge in [-0.05, 0) is 82.3 Å². The summed E-state index contributed by atoms with van der Waals surface area (Å²) >= 11 is 15.0. The second-order valence-corrected chi connectivity index (χ2v) is 14.0. The Labute approximate surface area is 288 Å². The number of halogens is 2.